The van der Waals surface area contributed by atoms with Crippen molar-refractivity contribution < 1.29 is 22.9 Å². The number of carbonyl (C=O) groups is 1. The molecule has 0 fully saturated rings. The van der Waals surface area contributed by atoms with Crippen LogP contribution in [0, 0.1) is 16.0 Å². The van der Waals surface area contributed by atoms with Crippen molar-refractivity contribution >= 4 is 27.3 Å². The van der Waals surface area contributed by atoms with Gasteiger partial charge in [-0.15, -0.1) is 0 Å². The summed E-state index contributed by atoms with van der Waals surface area (Å²) in [5.74, 6) is -0.233. The highest BCUT2D eigenvalue weighted by Gasteiger charge is 2.26. The van der Waals surface area contributed by atoms with Crippen LogP contribution in [0.25, 0.3) is 0 Å². The average molecular weight is 373 g/mol. The molecule has 0 aliphatic heterocycles. The van der Waals surface area contributed by atoms with E-state index in [2.05, 4.69) is 5.32 Å². The van der Waals surface area contributed by atoms with Gasteiger partial charge in [-0.25, -0.2) is 8.42 Å². The normalized spacial score (nSPS) is 12.6. The Morgan fingerprint density at radius 2 is 1.96 bits per heavy atom. The molecule has 1 aromatic carbocycles. The Morgan fingerprint density at radius 3 is 2.40 bits per heavy atom. The molecule has 1 atom stereocenters. The van der Waals surface area contributed by atoms with Crippen molar-refractivity contribution in [2.75, 3.05) is 24.2 Å². The molecule has 0 saturated heterocycles. The third-order valence-corrected chi connectivity index (χ3v) is 4.84. The second-order valence-corrected chi connectivity index (χ2v) is 7.89. The summed E-state index contributed by atoms with van der Waals surface area (Å²) in [4.78, 5) is 22.6. The molecule has 0 aliphatic carbocycles. The summed E-state index contributed by atoms with van der Waals surface area (Å²) in [6.07, 6.45) is 0.921. The molecule has 1 aromatic rings. The molecular weight excluding hydrogens is 350 g/mol. The lowest BCUT2D eigenvalue weighted by Gasteiger charge is -2.25. The molecule has 0 spiro atoms. The molecule has 10 heteroatoms. The first-order valence-corrected chi connectivity index (χ1v) is 9.41. The molecule has 1 rings (SSSR count). The molecule has 1 amide bonds. The van der Waals surface area contributed by atoms with Crippen LogP contribution in [-0.4, -0.2) is 45.2 Å². The SMILES string of the molecule is COc1ccc([N+](=O)[O-])cc1N(CC(=O)N[C@@H](C)C(C)C)S(C)(=O)=O. The number of nitrogens with one attached hydrogen (secondary N) is 1. The van der Waals surface area contributed by atoms with Crippen LogP contribution >= 0.6 is 0 Å². The van der Waals surface area contributed by atoms with Crippen LogP contribution in [-0.2, 0) is 14.8 Å². The van der Waals surface area contributed by atoms with Gasteiger partial charge in [0.1, 0.15) is 18.0 Å². The summed E-state index contributed by atoms with van der Waals surface area (Å²) in [7, 11) is -2.56. The van der Waals surface area contributed by atoms with Crippen LogP contribution in [0.5, 0.6) is 5.75 Å². The third-order valence-electron chi connectivity index (χ3n) is 3.72. The zero-order valence-electron chi connectivity index (χ0n) is 14.8. The summed E-state index contributed by atoms with van der Waals surface area (Å²) in [6, 6.07) is 3.41. The lowest BCUT2D eigenvalue weighted by molar-refractivity contribution is -0.384. The highest BCUT2D eigenvalue weighted by atomic mass is 32.2. The van der Waals surface area contributed by atoms with Gasteiger partial charge in [0, 0.05) is 18.2 Å². The van der Waals surface area contributed by atoms with E-state index in [0.29, 0.717) is 0 Å². The standard InChI is InChI=1S/C15H23N3O6S/c1-10(2)11(3)16-15(19)9-17(25(5,22)23)13-8-12(18(20)21)6-7-14(13)24-4/h6-8,10-11H,9H2,1-5H3,(H,16,19)/t11-/m0/s1. The van der Waals surface area contributed by atoms with Crippen molar-refractivity contribution in [2.24, 2.45) is 5.92 Å². The number of rotatable bonds is 8. The Bertz CT molecular complexity index is 748. The number of benzene rings is 1. The van der Waals surface area contributed by atoms with Gasteiger partial charge in [-0.2, -0.15) is 0 Å². The second kappa shape index (κ2) is 8.15. The van der Waals surface area contributed by atoms with Crippen molar-refractivity contribution in [3.63, 3.8) is 0 Å². The number of nitro groups is 1. The largest absolute Gasteiger partial charge is 0.495 e. The third kappa shape index (κ3) is 5.59. The van der Waals surface area contributed by atoms with E-state index >= 15 is 0 Å². The van der Waals surface area contributed by atoms with Gasteiger partial charge >= 0.3 is 0 Å². The minimum atomic E-state index is -3.87. The van der Waals surface area contributed by atoms with Crippen LogP contribution in [0.1, 0.15) is 20.8 Å². The van der Waals surface area contributed by atoms with Crippen LogP contribution in [0.15, 0.2) is 18.2 Å². The minimum absolute atomic E-state index is 0.0634. The quantitative estimate of drug-likeness (QED) is 0.545. The molecule has 25 heavy (non-hydrogen) atoms. The van der Waals surface area contributed by atoms with Gasteiger partial charge in [-0.1, -0.05) is 13.8 Å². The highest BCUT2D eigenvalue weighted by molar-refractivity contribution is 7.92. The summed E-state index contributed by atoms with van der Waals surface area (Å²) in [5.41, 5.74) is -0.369. The molecule has 0 saturated carbocycles. The summed E-state index contributed by atoms with van der Waals surface area (Å²) in [5, 5.41) is 13.7. The summed E-state index contributed by atoms with van der Waals surface area (Å²) in [6.45, 7) is 5.14. The van der Waals surface area contributed by atoms with E-state index in [-0.39, 0.29) is 29.1 Å². The van der Waals surface area contributed by atoms with Gasteiger partial charge in [0.05, 0.1) is 18.3 Å². The molecule has 0 radical (unpaired) electrons. The molecule has 1 N–H and O–H groups in total. The zero-order valence-corrected chi connectivity index (χ0v) is 15.7. The number of methoxy groups -OCH3 is 1. The molecule has 0 unspecified atom stereocenters. The van der Waals surface area contributed by atoms with Crippen LogP contribution < -0.4 is 14.4 Å². The Balaban J connectivity index is 3.26. The molecule has 0 aromatic heterocycles. The van der Waals surface area contributed by atoms with Crippen molar-refractivity contribution in [3.8, 4) is 5.75 Å². The Morgan fingerprint density at radius 1 is 1.36 bits per heavy atom. The molecular formula is C15H23N3O6S. The Kier molecular flexibility index (Phi) is 6.74. The Labute approximate surface area is 147 Å². The van der Waals surface area contributed by atoms with Crippen LogP contribution in [0.3, 0.4) is 0 Å². The number of hydrogen-bond acceptors (Lipinski definition) is 6. The second-order valence-electron chi connectivity index (χ2n) is 5.98. The van der Waals surface area contributed by atoms with E-state index in [9.17, 15) is 23.3 Å². The van der Waals surface area contributed by atoms with E-state index in [4.69, 9.17) is 4.74 Å². The zero-order chi connectivity index (χ0) is 19.4. The maximum absolute atomic E-state index is 12.2. The molecule has 9 nitrogen and oxygen atoms in total. The molecule has 0 aliphatic rings. The first-order valence-electron chi connectivity index (χ1n) is 7.56. The number of nitro benzene ring substituents is 1. The Hall–Kier alpha value is -2.36. The molecule has 0 bridgehead atoms. The number of sulfonamides is 1. The lowest BCUT2D eigenvalue weighted by atomic mass is 10.1. The fraction of sp³-hybridized carbons (Fsp3) is 0.533. The summed E-state index contributed by atoms with van der Waals surface area (Å²) < 4.78 is 30.2. The number of non-ortho nitro benzene ring substituents is 1. The van der Waals surface area contributed by atoms with Gasteiger partial charge in [-0.05, 0) is 18.9 Å². The van der Waals surface area contributed by atoms with Crippen molar-refractivity contribution in [2.45, 2.75) is 26.8 Å². The van der Waals surface area contributed by atoms with E-state index in [1.165, 1.54) is 19.2 Å². The molecule has 0 heterocycles. The first-order chi connectivity index (χ1) is 11.5. The lowest BCUT2D eigenvalue weighted by Crippen LogP contribution is -2.44. The van der Waals surface area contributed by atoms with Crippen molar-refractivity contribution in [3.05, 3.63) is 28.3 Å². The van der Waals surface area contributed by atoms with Gasteiger partial charge in [0.15, 0.2) is 0 Å². The minimum Gasteiger partial charge on any atom is -0.495 e. The number of carbonyl (C=O) groups excluding carboxylic acids is 1. The van der Waals surface area contributed by atoms with Crippen LogP contribution in [0.4, 0.5) is 11.4 Å². The van der Waals surface area contributed by atoms with E-state index in [0.717, 1.165) is 16.6 Å². The predicted octanol–water partition coefficient (Wildman–Crippen LogP) is 1.53. The van der Waals surface area contributed by atoms with Gasteiger partial charge in [0.25, 0.3) is 5.69 Å². The predicted molar refractivity (Wildman–Crippen MR) is 94.3 cm³/mol. The number of ether oxygens (including phenoxy) is 1. The van der Waals surface area contributed by atoms with Crippen molar-refractivity contribution in [1.82, 2.24) is 5.32 Å². The van der Waals surface area contributed by atoms with Gasteiger partial charge in [0.2, 0.25) is 15.9 Å². The van der Waals surface area contributed by atoms with Gasteiger partial charge in [-0.3, -0.25) is 19.2 Å². The van der Waals surface area contributed by atoms with Crippen molar-refractivity contribution in [1.29, 1.82) is 0 Å². The highest BCUT2D eigenvalue weighted by Crippen LogP contribution is 2.33. The van der Waals surface area contributed by atoms with E-state index < -0.39 is 27.4 Å². The first kappa shape index (κ1) is 20.7. The van der Waals surface area contributed by atoms with E-state index in [1.807, 2.05) is 13.8 Å². The fourth-order valence-corrected chi connectivity index (χ4v) is 2.82. The average Bonchev–Trinajstić information content (AvgIpc) is 2.50. The monoisotopic (exact) mass is 373 g/mol. The fourth-order valence-electron chi connectivity index (χ4n) is 1.96. The maximum Gasteiger partial charge on any atom is 0.271 e. The number of amides is 1. The number of anilines is 1. The summed E-state index contributed by atoms with van der Waals surface area (Å²) >= 11 is 0. The number of nitrogens with zero attached hydrogens (tertiary/aromatic N) is 2. The topological polar surface area (TPSA) is 119 Å². The maximum atomic E-state index is 12.2. The van der Waals surface area contributed by atoms with Crippen LogP contribution in [0.2, 0.25) is 0 Å². The number of hydrogen-bond donors (Lipinski definition) is 1. The molecule has 140 valence electrons. The van der Waals surface area contributed by atoms with Gasteiger partial charge < -0.3 is 10.1 Å². The van der Waals surface area contributed by atoms with E-state index in [1.54, 1.807) is 6.92 Å². The smallest absolute Gasteiger partial charge is 0.271 e.